The summed E-state index contributed by atoms with van der Waals surface area (Å²) in [4.78, 5) is 106. The Morgan fingerprint density at radius 1 is 0.933 bits per heavy atom. The third-order valence-electron chi connectivity index (χ3n) is 7.45. The Morgan fingerprint density at radius 3 is 1.96 bits per heavy atom. The Bertz CT molecular complexity index is 1110. The first-order valence-corrected chi connectivity index (χ1v) is 15.1. The van der Waals surface area contributed by atoms with E-state index in [1.54, 1.807) is 20.8 Å². The second-order valence-corrected chi connectivity index (χ2v) is 11.6. The Kier molecular flexibility index (Phi) is 18.5. The van der Waals surface area contributed by atoms with E-state index in [1.165, 1.54) is 11.8 Å². The number of hydrogen-bond acceptors (Lipinski definition) is 11. The molecular weight excluding hydrogens is 614 g/mol. The van der Waals surface area contributed by atoms with Crippen molar-refractivity contribution in [2.45, 2.75) is 96.9 Å². The van der Waals surface area contributed by atoms with Crippen LogP contribution in [0.15, 0.2) is 0 Å². The van der Waals surface area contributed by atoms with E-state index in [1.807, 2.05) is 6.92 Å². The molecule has 1 aliphatic heterocycles. The van der Waals surface area contributed by atoms with Gasteiger partial charge in [0.2, 0.25) is 23.6 Å². The molecule has 0 aromatic carbocycles. The van der Waals surface area contributed by atoms with E-state index in [0.29, 0.717) is 19.3 Å². The molecule has 0 aromatic rings. The first-order chi connectivity index (χ1) is 21.0. The predicted molar refractivity (Wildman–Crippen MR) is 160 cm³/mol. The fraction of sp³-hybridized carbons (Fsp3) is 0.714. The molecule has 1 saturated heterocycles. The van der Waals surface area contributed by atoms with Crippen LogP contribution in [0.3, 0.4) is 0 Å². The molecular formula is C28H45N5O11S. The van der Waals surface area contributed by atoms with Crippen LogP contribution in [0.2, 0.25) is 0 Å². The van der Waals surface area contributed by atoms with Gasteiger partial charge in [-0.2, -0.15) is 22.2 Å². The monoisotopic (exact) mass is 659 g/mol. The number of ketones is 1. The summed E-state index contributed by atoms with van der Waals surface area (Å²) < 4.78 is 0. The minimum atomic E-state index is -1.39. The predicted octanol–water partition coefficient (Wildman–Crippen LogP) is -1.04. The molecule has 17 heteroatoms. The third kappa shape index (κ3) is 13.4. The summed E-state index contributed by atoms with van der Waals surface area (Å²) in [5, 5.41) is 26.0. The molecule has 0 aliphatic carbocycles. The molecule has 16 nitrogen and oxygen atoms in total. The highest BCUT2D eigenvalue weighted by Crippen LogP contribution is 2.24. The van der Waals surface area contributed by atoms with Gasteiger partial charge in [0.25, 0.3) is 0 Å². The minimum Gasteiger partial charge on any atom is -0.481 e. The fourth-order valence-electron chi connectivity index (χ4n) is 4.63. The average Bonchev–Trinajstić information content (AvgIpc) is 3.46. The van der Waals surface area contributed by atoms with E-state index in [0.717, 1.165) is 0 Å². The molecule has 1 rings (SSSR count). The van der Waals surface area contributed by atoms with Crippen molar-refractivity contribution < 1.29 is 53.4 Å². The molecule has 0 aromatic heterocycles. The molecule has 7 atom stereocenters. The lowest BCUT2D eigenvalue weighted by Gasteiger charge is -2.32. The van der Waals surface area contributed by atoms with Gasteiger partial charge in [0, 0.05) is 24.6 Å². The Morgan fingerprint density at radius 2 is 1.51 bits per heavy atom. The van der Waals surface area contributed by atoms with Gasteiger partial charge in [0.05, 0.1) is 18.5 Å². The highest BCUT2D eigenvalue weighted by atomic mass is 32.1. The molecule has 1 fully saturated rings. The quantitative estimate of drug-likeness (QED) is 0.0924. The number of nitrogens with one attached hydrogen (secondary N) is 3. The summed E-state index contributed by atoms with van der Waals surface area (Å²) in [5.41, 5.74) is 5.54. The molecule has 0 saturated carbocycles. The number of likely N-dealkylation sites (tertiary alicyclic amines) is 1. The zero-order chi connectivity index (χ0) is 35.0. The molecule has 0 spiro atoms. The maximum Gasteiger partial charge on any atom is 0.373 e. The number of rotatable bonds is 17. The number of Topliss-reactive ketones (excluding diaryl/α,β-unsaturated/α-hetero) is 1. The first kappa shape index (κ1) is 41.2. The highest BCUT2D eigenvalue weighted by molar-refractivity contribution is 7.80. The molecule has 0 bridgehead atoms. The number of nitrogens with two attached hydrogens (primary N) is 1. The maximum atomic E-state index is 13.6. The number of nitrogens with zero attached hydrogens (tertiary/aromatic N) is 1. The number of hydrogen-bond donors (Lipinski definition) is 7. The Hall–Kier alpha value is -3.82. The Labute approximate surface area is 267 Å². The lowest BCUT2D eigenvalue weighted by Crippen LogP contribution is -2.57. The fourth-order valence-corrected chi connectivity index (χ4v) is 4.88. The van der Waals surface area contributed by atoms with Gasteiger partial charge in [-0.15, -0.1) is 0 Å². The molecule has 1 aliphatic rings. The second kappa shape index (κ2) is 20.3. The summed E-state index contributed by atoms with van der Waals surface area (Å²) in [6.45, 7) is 8.61. The Balaban J connectivity index is 0.00000618. The summed E-state index contributed by atoms with van der Waals surface area (Å²) in [6.07, 6.45) is 0.492. The summed E-state index contributed by atoms with van der Waals surface area (Å²) in [6, 6.07) is -5.57. The van der Waals surface area contributed by atoms with Gasteiger partial charge >= 0.3 is 18.1 Å². The lowest BCUT2D eigenvalue weighted by atomic mass is 9.84. The number of carbonyl (C=O) groups is 7. The van der Waals surface area contributed by atoms with Crippen LogP contribution in [0.1, 0.15) is 66.7 Å². The van der Waals surface area contributed by atoms with Crippen molar-refractivity contribution >= 4 is 60.1 Å². The number of thiol groups is 1. The van der Waals surface area contributed by atoms with E-state index in [-0.39, 0.29) is 30.8 Å². The maximum absolute atomic E-state index is 13.6. The average molecular weight is 660 g/mol. The first-order valence-electron chi connectivity index (χ1n) is 14.5. The van der Waals surface area contributed by atoms with Crippen LogP contribution < -0.4 is 21.7 Å². The number of carboxylic acid groups (broad SMARTS) is 2. The molecule has 0 radical (unpaired) electrons. The summed E-state index contributed by atoms with van der Waals surface area (Å²) in [7, 11) is 0. The topological polar surface area (TPSA) is 259 Å². The van der Waals surface area contributed by atoms with Crippen LogP contribution in [-0.4, -0.2) is 105 Å². The van der Waals surface area contributed by atoms with Crippen molar-refractivity contribution in [1.82, 2.24) is 20.9 Å². The van der Waals surface area contributed by atoms with E-state index in [9.17, 15) is 43.8 Å². The van der Waals surface area contributed by atoms with Crippen molar-refractivity contribution in [2.24, 2.45) is 23.5 Å². The van der Waals surface area contributed by atoms with Crippen LogP contribution in [-0.2, 0) is 43.2 Å². The van der Waals surface area contributed by atoms with E-state index >= 15 is 0 Å². The van der Waals surface area contributed by atoms with Crippen molar-refractivity contribution in [3.05, 3.63) is 0 Å². The zero-order valence-corrected chi connectivity index (χ0v) is 27.0. The van der Waals surface area contributed by atoms with Crippen LogP contribution in [0.4, 0.5) is 0 Å². The molecule has 254 valence electrons. The van der Waals surface area contributed by atoms with Gasteiger partial charge in [-0.25, -0.2) is 4.79 Å². The van der Waals surface area contributed by atoms with Crippen molar-refractivity contribution in [3.8, 4) is 0 Å². The van der Waals surface area contributed by atoms with E-state index < -0.39 is 89.8 Å². The largest absolute Gasteiger partial charge is 0.481 e. The van der Waals surface area contributed by atoms with Crippen molar-refractivity contribution in [1.29, 1.82) is 0 Å². The van der Waals surface area contributed by atoms with Crippen molar-refractivity contribution in [3.63, 3.8) is 0 Å². The molecule has 4 amide bonds. The third-order valence-corrected chi connectivity index (χ3v) is 7.82. The van der Waals surface area contributed by atoms with Crippen LogP contribution in [0.25, 0.3) is 0 Å². The summed E-state index contributed by atoms with van der Waals surface area (Å²) >= 11 is 3.95. The van der Waals surface area contributed by atoms with Gasteiger partial charge < -0.3 is 36.8 Å². The molecule has 7 N–H and O–H groups in total. The van der Waals surface area contributed by atoms with Crippen LogP contribution in [0, 0.1) is 17.8 Å². The summed E-state index contributed by atoms with van der Waals surface area (Å²) in [5.74, 6) is -7.51. The van der Waals surface area contributed by atoms with E-state index in [2.05, 4.69) is 28.6 Å². The van der Waals surface area contributed by atoms with Gasteiger partial charge in [-0.05, 0) is 31.6 Å². The van der Waals surface area contributed by atoms with Crippen molar-refractivity contribution in [2.75, 3.05) is 12.3 Å². The second-order valence-electron chi connectivity index (χ2n) is 11.2. The highest BCUT2D eigenvalue weighted by Gasteiger charge is 2.41. The molecule has 45 heavy (non-hydrogen) atoms. The number of carboxylic acids is 2. The van der Waals surface area contributed by atoms with Gasteiger partial charge in [-0.3, -0.25) is 28.8 Å². The van der Waals surface area contributed by atoms with Crippen LogP contribution in [0.5, 0.6) is 0 Å². The van der Waals surface area contributed by atoms with Gasteiger partial charge in [-0.1, -0.05) is 34.1 Å². The smallest absolute Gasteiger partial charge is 0.373 e. The van der Waals surface area contributed by atoms with E-state index in [4.69, 9.17) is 15.3 Å². The number of aliphatic carboxylic acids is 2. The normalized spacial score (nSPS) is 18.0. The van der Waals surface area contributed by atoms with Crippen LogP contribution >= 0.6 is 12.6 Å². The number of carbonyl (C=O) groups excluding carboxylic acids is 7. The van der Waals surface area contributed by atoms with Gasteiger partial charge in [0.15, 0.2) is 5.78 Å². The standard InChI is InChI=1S/C27H45N5O9S.CO2/c1-6-14(4)16(10-20(33)17(11-21(34)35)29-23(36)15(5)28)24(37)31-22(13(2)3)26(39)32-9-7-8-19(32)25(38)30-18(12-42)27(40)41;2-1-3/h13-19,22,42H,6-12,28H2,1-5H3,(H,29,36)(H,30,38)(H,31,37)(H,34,35)(H,40,41);/t14-,15-,16-,17-,18-,19-,22-;/m0./s1. The minimum absolute atomic E-state index is 0.135. The number of amides is 4. The lowest BCUT2D eigenvalue weighted by molar-refractivity contribution is -0.191. The zero-order valence-electron chi connectivity index (χ0n) is 26.1. The SMILES string of the molecule is CC[C@H](C)[C@H](CC(=O)[C@H](CC(=O)O)NC(=O)[C@H](C)N)C(=O)N[C@H](C(=O)N1CCC[C@H]1C(=O)N[C@@H](CS)C(=O)O)C(C)C.O=C=O. The molecule has 1 heterocycles. The van der Waals surface area contributed by atoms with Gasteiger partial charge in [0.1, 0.15) is 18.1 Å². The molecule has 0 unspecified atom stereocenters.